The van der Waals surface area contributed by atoms with E-state index in [2.05, 4.69) is 10.6 Å². The van der Waals surface area contributed by atoms with E-state index in [0.717, 1.165) is 5.56 Å². The Morgan fingerprint density at radius 1 is 1.24 bits per heavy atom. The normalized spacial score (nSPS) is 13.8. The van der Waals surface area contributed by atoms with Crippen molar-refractivity contribution >= 4 is 6.03 Å². The molecule has 1 rings (SSSR count). The molecule has 0 bridgehead atoms. The molecule has 0 aliphatic heterocycles. The Morgan fingerprint density at radius 2 is 1.88 bits per heavy atom. The van der Waals surface area contributed by atoms with Gasteiger partial charge in [0.25, 0.3) is 0 Å². The summed E-state index contributed by atoms with van der Waals surface area (Å²) in [5.74, 6) is 0. The summed E-state index contributed by atoms with van der Waals surface area (Å²) in [6, 6.07) is 9.67. The highest BCUT2D eigenvalue weighted by Crippen LogP contribution is 2.10. The van der Waals surface area contributed by atoms with E-state index in [1.54, 1.807) is 7.11 Å². The molecule has 0 spiro atoms. The molecule has 0 aliphatic rings. The second-order valence-corrected chi connectivity index (χ2v) is 4.11. The summed E-state index contributed by atoms with van der Waals surface area (Å²) in [6.45, 7) is 4.36. The van der Waals surface area contributed by atoms with E-state index in [4.69, 9.17) is 4.74 Å². The number of ether oxygens (including phenoxy) is 1. The molecule has 2 atom stereocenters. The van der Waals surface area contributed by atoms with Crippen molar-refractivity contribution < 1.29 is 9.53 Å². The Bertz CT molecular complexity index is 341. The zero-order chi connectivity index (χ0) is 12.7. The minimum absolute atomic E-state index is 0.00275. The molecule has 1 aromatic rings. The van der Waals surface area contributed by atoms with Crippen LogP contribution in [0.2, 0.25) is 0 Å². The van der Waals surface area contributed by atoms with E-state index in [-0.39, 0.29) is 18.1 Å². The van der Waals surface area contributed by atoms with Gasteiger partial charge in [-0.05, 0) is 19.4 Å². The maximum Gasteiger partial charge on any atom is 0.315 e. The summed E-state index contributed by atoms with van der Waals surface area (Å²) in [4.78, 5) is 11.6. The van der Waals surface area contributed by atoms with Crippen LogP contribution in [-0.4, -0.2) is 25.8 Å². The Balaban J connectivity index is 2.41. The predicted octanol–water partition coefficient (Wildman–Crippen LogP) is 2.08. The van der Waals surface area contributed by atoms with Gasteiger partial charge in [0.05, 0.1) is 18.7 Å². The number of nitrogens with one attached hydrogen (secondary N) is 2. The van der Waals surface area contributed by atoms with Gasteiger partial charge in [-0.1, -0.05) is 30.3 Å². The predicted molar refractivity (Wildman–Crippen MR) is 67.9 cm³/mol. The summed E-state index contributed by atoms with van der Waals surface area (Å²) in [5, 5.41) is 5.69. The minimum atomic E-state index is -0.175. The molecule has 17 heavy (non-hydrogen) atoms. The summed E-state index contributed by atoms with van der Waals surface area (Å²) >= 11 is 0. The average Bonchev–Trinajstić information content (AvgIpc) is 2.30. The topological polar surface area (TPSA) is 50.4 Å². The van der Waals surface area contributed by atoms with Crippen molar-refractivity contribution in [2.24, 2.45) is 0 Å². The van der Waals surface area contributed by atoms with E-state index < -0.39 is 0 Å². The third-order valence-corrected chi connectivity index (χ3v) is 2.44. The largest absolute Gasteiger partial charge is 0.383 e. The van der Waals surface area contributed by atoms with Gasteiger partial charge in [-0.15, -0.1) is 0 Å². The first-order valence-corrected chi connectivity index (χ1v) is 5.74. The lowest BCUT2D eigenvalue weighted by Gasteiger charge is -2.18. The molecule has 0 heterocycles. The van der Waals surface area contributed by atoms with Crippen LogP contribution >= 0.6 is 0 Å². The van der Waals surface area contributed by atoms with Gasteiger partial charge in [-0.25, -0.2) is 4.79 Å². The third kappa shape index (κ3) is 4.87. The van der Waals surface area contributed by atoms with Crippen molar-refractivity contribution in [3.63, 3.8) is 0 Å². The number of rotatable bonds is 5. The zero-order valence-corrected chi connectivity index (χ0v) is 10.6. The zero-order valence-electron chi connectivity index (χ0n) is 10.6. The molecule has 0 fully saturated rings. The Kier molecular flexibility index (Phi) is 5.49. The minimum Gasteiger partial charge on any atom is -0.383 e. The molecule has 0 saturated carbocycles. The van der Waals surface area contributed by atoms with Gasteiger partial charge < -0.3 is 15.4 Å². The lowest BCUT2D eigenvalue weighted by molar-refractivity contribution is 0.170. The fourth-order valence-electron chi connectivity index (χ4n) is 1.58. The molecule has 1 aromatic carbocycles. The van der Waals surface area contributed by atoms with Gasteiger partial charge in [0.2, 0.25) is 0 Å². The van der Waals surface area contributed by atoms with Crippen LogP contribution in [0, 0.1) is 0 Å². The van der Waals surface area contributed by atoms with Gasteiger partial charge >= 0.3 is 6.03 Å². The lowest BCUT2D eigenvalue weighted by Crippen LogP contribution is -2.43. The average molecular weight is 236 g/mol. The van der Waals surface area contributed by atoms with Crippen LogP contribution in [0.5, 0.6) is 0 Å². The maximum atomic E-state index is 11.6. The first-order chi connectivity index (χ1) is 8.13. The highest BCUT2D eigenvalue weighted by atomic mass is 16.5. The van der Waals surface area contributed by atoms with Gasteiger partial charge in [0.15, 0.2) is 0 Å². The molecule has 2 unspecified atom stereocenters. The van der Waals surface area contributed by atoms with Crippen molar-refractivity contribution in [1.29, 1.82) is 0 Å². The van der Waals surface area contributed by atoms with E-state index in [1.165, 1.54) is 0 Å². The van der Waals surface area contributed by atoms with E-state index in [0.29, 0.717) is 6.61 Å². The van der Waals surface area contributed by atoms with Crippen LogP contribution in [0.1, 0.15) is 25.5 Å². The maximum absolute atomic E-state index is 11.6. The summed E-state index contributed by atoms with van der Waals surface area (Å²) < 4.78 is 4.95. The highest BCUT2D eigenvalue weighted by molar-refractivity contribution is 5.74. The number of urea groups is 1. The van der Waals surface area contributed by atoms with Crippen molar-refractivity contribution in [3.05, 3.63) is 35.9 Å². The van der Waals surface area contributed by atoms with Gasteiger partial charge in [0.1, 0.15) is 0 Å². The number of methoxy groups -OCH3 is 1. The highest BCUT2D eigenvalue weighted by Gasteiger charge is 2.10. The number of carbonyl (C=O) groups is 1. The van der Waals surface area contributed by atoms with Gasteiger partial charge in [0, 0.05) is 7.11 Å². The van der Waals surface area contributed by atoms with E-state index in [1.807, 2.05) is 44.2 Å². The van der Waals surface area contributed by atoms with Crippen LogP contribution in [0.4, 0.5) is 4.79 Å². The molecular formula is C13H20N2O2. The van der Waals surface area contributed by atoms with Crippen molar-refractivity contribution in [2.45, 2.75) is 25.9 Å². The molecule has 4 nitrogen and oxygen atoms in total. The number of amides is 2. The molecule has 94 valence electrons. The number of hydrogen-bond donors (Lipinski definition) is 2. The molecule has 2 N–H and O–H groups in total. The molecule has 4 heteroatoms. The van der Waals surface area contributed by atoms with Gasteiger partial charge in [-0.2, -0.15) is 0 Å². The summed E-state index contributed by atoms with van der Waals surface area (Å²) in [6.07, 6.45) is 0. The molecule has 2 amide bonds. The van der Waals surface area contributed by atoms with Crippen molar-refractivity contribution in [3.8, 4) is 0 Å². The molecule has 0 radical (unpaired) electrons. The first kappa shape index (κ1) is 13.5. The fraction of sp³-hybridized carbons (Fsp3) is 0.462. The fourth-order valence-corrected chi connectivity index (χ4v) is 1.58. The van der Waals surface area contributed by atoms with Crippen molar-refractivity contribution in [2.75, 3.05) is 13.7 Å². The van der Waals surface area contributed by atoms with Crippen LogP contribution in [0.25, 0.3) is 0 Å². The van der Waals surface area contributed by atoms with E-state index >= 15 is 0 Å². The third-order valence-electron chi connectivity index (χ3n) is 2.44. The smallest absolute Gasteiger partial charge is 0.315 e. The lowest BCUT2D eigenvalue weighted by atomic mass is 10.1. The molecule has 0 aliphatic carbocycles. The molecular weight excluding hydrogens is 216 g/mol. The Labute approximate surface area is 102 Å². The second kappa shape index (κ2) is 6.91. The van der Waals surface area contributed by atoms with Crippen LogP contribution in [0.3, 0.4) is 0 Å². The summed E-state index contributed by atoms with van der Waals surface area (Å²) in [7, 11) is 1.61. The number of carbonyl (C=O) groups excluding carboxylic acids is 1. The monoisotopic (exact) mass is 236 g/mol. The quantitative estimate of drug-likeness (QED) is 0.822. The summed E-state index contributed by atoms with van der Waals surface area (Å²) in [5.41, 5.74) is 1.09. The van der Waals surface area contributed by atoms with Gasteiger partial charge in [-0.3, -0.25) is 0 Å². The first-order valence-electron chi connectivity index (χ1n) is 5.74. The SMILES string of the molecule is COCC(C)NC(=O)NC(C)c1ccccc1. The second-order valence-electron chi connectivity index (χ2n) is 4.11. The number of benzene rings is 1. The Morgan fingerprint density at radius 3 is 2.47 bits per heavy atom. The van der Waals surface area contributed by atoms with E-state index in [9.17, 15) is 4.79 Å². The van der Waals surface area contributed by atoms with Crippen LogP contribution in [-0.2, 0) is 4.74 Å². The Hall–Kier alpha value is -1.55. The van der Waals surface area contributed by atoms with Crippen molar-refractivity contribution in [1.82, 2.24) is 10.6 Å². The standard InChI is InChI=1S/C13H20N2O2/c1-10(9-17-3)14-13(16)15-11(2)12-7-5-4-6-8-12/h4-8,10-11H,9H2,1-3H3,(H2,14,15,16). The van der Waals surface area contributed by atoms with Crippen LogP contribution in [0.15, 0.2) is 30.3 Å². The van der Waals surface area contributed by atoms with Crippen LogP contribution < -0.4 is 10.6 Å². The molecule has 0 saturated heterocycles. The number of hydrogen-bond acceptors (Lipinski definition) is 2. The molecule has 0 aromatic heterocycles.